The van der Waals surface area contributed by atoms with E-state index in [1.165, 1.54) is 5.56 Å². The predicted molar refractivity (Wildman–Crippen MR) is 103 cm³/mol. The van der Waals surface area contributed by atoms with Gasteiger partial charge in [0.15, 0.2) is 11.5 Å². The quantitative estimate of drug-likeness (QED) is 0.694. The summed E-state index contributed by atoms with van der Waals surface area (Å²) in [7, 11) is 4.85. The van der Waals surface area contributed by atoms with Crippen LogP contribution in [0.25, 0.3) is 0 Å². The minimum Gasteiger partial charge on any atom is -0.493 e. The average Bonchev–Trinajstić information content (AvgIpc) is 2.66. The van der Waals surface area contributed by atoms with Gasteiger partial charge in [0.05, 0.1) is 27.9 Å². The van der Waals surface area contributed by atoms with Crippen LogP contribution in [-0.2, 0) is 13.1 Å². The lowest BCUT2D eigenvalue weighted by molar-refractivity contribution is 0.271. The molecule has 5 nitrogen and oxygen atoms in total. The fourth-order valence-corrected chi connectivity index (χ4v) is 2.56. The average molecular weight is 359 g/mol. The highest BCUT2D eigenvalue weighted by molar-refractivity contribution is 5.53. The molecule has 2 aromatic rings. The zero-order valence-corrected chi connectivity index (χ0v) is 16.3. The van der Waals surface area contributed by atoms with Crippen LogP contribution in [0.2, 0.25) is 0 Å². The van der Waals surface area contributed by atoms with E-state index in [0.717, 1.165) is 24.5 Å². The van der Waals surface area contributed by atoms with E-state index >= 15 is 0 Å². The van der Waals surface area contributed by atoms with Crippen LogP contribution in [0.4, 0.5) is 0 Å². The molecule has 142 valence electrons. The highest BCUT2D eigenvalue weighted by atomic mass is 16.5. The van der Waals surface area contributed by atoms with E-state index < -0.39 is 0 Å². The third kappa shape index (κ3) is 5.56. The second kappa shape index (κ2) is 9.92. The van der Waals surface area contributed by atoms with Crippen molar-refractivity contribution in [1.82, 2.24) is 5.32 Å². The van der Waals surface area contributed by atoms with Crippen molar-refractivity contribution < 1.29 is 18.9 Å². The first-order chi connectivity index (χ1) is 12.6. The maximum Gasteiger partial charge on any atom is 0.203 e. The Morgan fingerprint density at radius 3 is 1.88 bits per heavy atom. The van der Waals surface area contributed by atoms with Gasteiger partial charge in [0.25, 0.3) is 0 Å². The summed E-state index contributed by atoms with van der Waals surface area (Å²) in [5.41, 5.74) is 2.27. The van der Waals surface area contributed by atoms with Gasteiger partial charge in [0, 0.05) is 13.1 Å². The van der Waals surface area contributed by atoms with E-state index in [0.29, 0.717) is 29.7 Å². The van der Waals surface area contributed by atoms with Gasteiger partial charge in [0.1, 0.15) is 5.75 Å². The van der Waals surface area contributed by atoms with Gasteiger partial charge in [-0.2, -0.15) is 0 Å². The molecule has 0 aliphatic carbocycles. The van der Waals surface area contributed by atoms with Crippen molar-refractivity contribution in [2.24, 2.45) is 5.92 Å². The molecule has 2 aromatic carbocycles. The molecule has 0 spiro atoms. The molecule has 0 aromatic heterocycles. The Morgan fingerprint density at radius 1 is 0.808 bits per heavy atom. The minimum absolute atomic E-state index is 0.523. The van der Waals surface area contributed by atoms with E-state index in [1.807, 2.05) is 24.3 Å². The maximum absolute atomic E-state index is 5.71. The lowest BCUT2D eigenvalue weighted by Gasteiger charge is -2.14. The van der Waals surface area contributed by atoms with Crippen molar-refractivity contribution in [2.75, 3.05) is 27.9 Å². The van der Waals surface area contributed by atoms with E-state index in [1.54, 1.807) is 21.3 Å². The van der Waals surface area contributed by atoms with E-state index in [9.17, 15) is 0 Å². The summed E-state index contributed by atoms with van der Waals surface area (Å²) in [6, 6.07) is 12.1. The molecule has 0 atom stereocenters. The Morgan fingerprint density at radius 2 is 1.38 bits per heavy atom. The zero-order valence-electron chi connectivity index (χ0n) is 16.3. The van der Waals surface area contributed by atoms with Crippen LogP contribution < -0.4 is 24.3 Å². The van der Waals surface area contributed by atoms with Crippen molar-refractivity contribution in [2.45, 2.75) is 26.9 Å². The molecule has 0 heterocycles. The molecule has 0 saturated carbocycles. The number of nitrogens with one attached hydrogen (secondary N) is 1. The smallest absolute Gasteiger partial charge is 0.203 e. The first kappa shape index (κ1) is 19.9. The van der Waals surface area contributed by atoms with Crippen LogP contribution in [-0.4, -0.2) is 27.9 Å². The van der Waals surface area contributed by atoms with Crippen LogP contribution in [0.15, 0.2) is 36.4 Å². The summed E-state index contributed by atoms with van der Waals surface area (Å²) in [5.74, 6) is 3.36. The third-order valence-corrected chi connectivity index (χ3v) is 3.89. The zero-order chi connectivity index (χ0) is 18.9. The van der Waals surface area contributed by atoms with Crippen molar-refractivity contribution in [3.8, 4) is 23.0 Å². The number of hydrogen-bond donors (Lipinski definition) is 1. The minimum atomic E-state index is 0.523. The van der Waals surface area contributed by atoms with Gasteiger partial charge in [-0.25, -0.2) is 0 Å². The Hall–Kier alpha value is -2.40. The number of rotatable bonds is 10. The highest BCUT2D eigenvalue weighted by Gasteiger charge is 2.12. The molecule has 0 radical (unpaired) electrons. The molecule has 2 rings (SSSR count). The van der Waals surface area contributed by atoms with Gasteiger partial charge in [0.2, 0.25) is 5.75 Å². The van der Waals surface area contributed by atoms with E-state index in [2.05, 4.69) is 31.3 Å². The number of ether oxygens (including phenoxy) is 4. The lowest BCUT2D eigenvalue weighted by atomic mass is 10.1. The van der Waals surface area contributed by atoms with Crippen molar-refractivity contribution in [1.29, 1.82) is 0 Å². The summed E-state index contributed by atoms with van der Waals surface area (Å²) in [6.45, 7) is 6.48. The first-order valence-electron chi connectivity index (χ1n) is 8.78. The summed E-state index contributed by atoms with van der Waals surface area (Å²) in [6.07, 6.45) is 0. The number of methoxy groups -OCH3 is 3. The lowest BCUT2D eigenvalue weighted by Crippen LogP contribution is -2.13. The topological polar surface area (TPSA) is 49.0 Å². The molecule has 5 heteroatoms. The Balaban J connectivity index is 1.93. The van der Waals surface area contributed by atoms with Crippen molar-refractivity contribution >= 4 is 0 Å². The molecule has 0 fully saturated rings. The standard InChI is InChI=1S/C21H29NO4/c1-15(2)14-26-18-8-6-16(7-9-18)12-22-13-17-10-19(23-3)21(25-5)20(11-17)24-4/h6-11,15,22H,12-14H2,1-5H3. The van der Waals surface area contributed by atoms with Crippen molar-refractivity contribution in [3.05, 3.63) is 47.5 Å². The second-order valence-electron chi connectivity index (χ2n) is 6.49. The number of hydrogen-bond acceptors (Lipinski definition) is 5. The molecule has 26 heavy (non-hydrogen) atoms. The van der Waals surface area contributed by atoms with Crippen LogP contribution in [0.1, 0.15) is 25.0 Å². The molecule has 0 aliphatic rings. The van der Waals surface area contributed by atoms with Gasteiger partial charge in [-0.1, -0.05) is 26.0 Å². The van der Waals surface area contributed by atoms with E-state index in [4.69, 9.17) is 18.9 Å². The van der Waals surface area contributed by atoms with Gasteiger partial charge < -0.3 is 24.3 Å². The second-order valence-corrected chi connectivity index (χ2v) is 6.49. The van der Waals surface area contributed by atoms with Gasteiger partial charge >= 0.3 is 0 Å². The summed E-state index contributed by atoms with van der Waals surface area (Å²) >= 11 is 0. The summed E-state index contributed by atoms with van der Waals surface area (Å²) in [4.78, 5) is 0. The first-order valence-corrected chi connectivity index (χ1v) is 8.78. The highest BCUT2D eigenvalue weighted by Crippen LogP contribution is 2.38. The summed E-state index contributed by atoms with van der Waals surface area (Å²) < 4.78 is 21.8. The van der Waals surface area contributed by atoms with Crippen LogP contribution in [0.5, 0.6) is 23.0 Å². The molecule has 0 saturated heterocycles. The SMILES string of the molecule is COc1cc(CNCc2ccc(OCC(C)C)cc2)cc(OC)c1OC. The molecule has 0 aliphatic heterocycles. The molecule has 0 bridgehead atoms. The molecule has 0 amide bonds. The predicted octanol–water partition coefficient (Wildman–Crippen LogP) is 4.04. The summed E-state index contributed by atoms with van der Waals surface area (Å²) in [5, 5.41) is 3.44. The third-order valence-electron chi connectivity index (χ3n) is 3.89. The van der Waals surface area contributed by atoms with Gasteiger partial charge in [-0.05, 0) is 41.3 Å². The Labute approximate surface area is 156 Å². The van der Waals surface area contributed by atoms with Crippen LogP contribution >= 0.6 is 0 Å². The molecular weight excluding hydrogens is 330 g/mol. The Kier molecular flexibility index (Phi) is 7.60. The molecule has 0 unspecified atom stereocenters. The monoisotopic (exact) mass is 359 g/mol. The largest absolute Gasteiger partial charge is 0.493 e. The van der Waals surface area contributed by atoms with Gasteiger partial charge in [-0.15, -0.1) is 0 Å². The van der Waals surface area contributed by atoms with Crippen LogP contribution in [0.3, 0.4) is 0 Å². The normalized spacial score (nSPS) is 10.7. The van der Waals surface area contributed by atoms with Crippen molar-refractivity contribution in [3.63, 3.8) is 0 Å². The van der Waals surface area contributed by atoms with Crippen LogP contribution in [0, 0.1) is 5.92 Å². The fraction of sp³-hybridized carbons (Fsp3) is 0.429. The molecule has 1 N–H and O–H groups in total. The van der Waals surface area contributed by atoms with Gasteiger partial charge in [-0.3, -0.25) is 0 Å². The fourth-order valence-electron chi connectivity index (χ4n) is 2.56. The Bertz CT molecular complexity index is 658. The number of benzene rings is 2. The van der Waals surface area contributed by atoms with E-state index in [-0.39, 0.29) is 0 Å². The molecular formula is C21H29NO4. The maximum atomic E-state index is 5.71.